The topological polar surface area (TPSA) is 99.9 Å². The van der Waals surface area contributed by atoms with Gasteiger partial charge < -0.3 is 25.3 Å². The summed E-state index contributed by atoms with van der Waals surface area (Å²) in [6, 6.07) is 11.6. The minimum Gasteiger partial charge on any atom is -0.497 e. The molecule has 7 nitrogen and oxygen atoms in total. The number of carbonyl (C=O) groups excluding carboxylic acids is 2. The van der Waals surface area contributed by atoms with E-state index >= 15 is 0 Å². The van der Waals surface area contributed by atoms with Crippen molar-refractivity contribution in [2.24, 2.45) is 5.73 Å². The van der Waals surface area contributed by atoms with Gasteiger partial charge in [0.2, 0.25) is 0 Å². The van der Waals surface area contributed by atoms with Crippen molar-refractivity contribution in [1.82, 2.24) is 0 Å². The molecule has 2 rings (SSSR count). The van der Waals surface area contributed by atoms with E-state index in [1.54, 1.807) is 42.5 Å². The summed E-state index contributed by atoms with van der Waals surface area (Å²) in [5, 5.41) is 2.74. The van der Waals surface area contributed by atoms with Crippen molar-refractivity contribution in [3.8, 4) is 17.2 Å². The smallest absolute Gasteiger partial charge is 0.259 e. The molecule has 0 unspecified atom stereocenters. The van der Waals surface area contributed by atoms with Crippen molar-refractivity contribution in [2.45, 2.75) is 0 Å². The Morgan fingerprint density at radius 1 is 1.04 bits per heavy atom. The van der Waals surface area contributed by atoms with Crippen LogP contribution >= 0.6 is 0 Å². The highest BCUT2D eigenvalue weighted by Crippen LogP contribution is 2.26. The number of nitrogens with two attached hydrogens (primary N) is 1. The summed E-state index contributed by atoms with van der Waals surface area (Å²) in [5.41, 5.74) is 5.91. The van der Waals surface area contributed by atoms with Crippen molar-refractivity contribution < 1.29 is 23.8 Å². The second-order valence-electron chi connectivity index (χ2n) is 4.80. The van der Waals surface area contributed by atoms with E-state index < -0.39 is 5.91 Å². The average Bonchev–Trinajstić information content (AvgIpc) is 2.59. The Bertz CT molecular complexity index is 746. The molecule has 0 spiro atoms. The number of methoxy groups -OCH3 is 2. The van der Waals surface area contributed by atoms with Crippen LogP contribution in [0.4, 0.5) is 5.69 Å². The Morgan fingerprint density at radius 2 is 1.83 bits per heavy atom. The molecule has 126 valence electrons. The highest BCUT2D eigenvalue weighted by Gasteiger charge is 2.14. The van der Waals surface area contributed by atoms with Crippen LogP contribution in [0.25, 0.3) is 0 Å². The van der Waals surface area contributed by atoms with Gasteiger partial charge in [-0.05, 0) is 24.3 Å². The lowest BCUT2D eigenvalue weighted by Gasteiger charge is -2.11. The standard InChI is InChI=1S/C17H18N2O5/c1-22-12-6-7-14(15(9-12)23-2)17(21)19-11-4-3-5-13(8-11)24-10-16(18)20/h3-9H,10H2,1-2H3,(H2,18,20)(H,19,21). The minimum absolute atomic E-state index is 0.232. The first-order chi connectivity index (χ1) is 11.5. The van der Waals surface area contributed by atoms with E-state index in [4.69, 9.17) is 19.9 Å². The Morgan fingerprint density at radius 3 is 2.50 bits per heavy atom. The fourth-order valence-electron chi connectivity index (χ4n) is 2.00. The second-order valence-corrected chi connectivity index (χ2v) is 4.80. The highest BCUT2D eigenvalue weighted by molar-refractivity contribution is 6.06. The van der Waals surface area contributed by atoms with Gasteiger partial charge in [0.15, 0.2) is 6.61 Å². The zero-order valence-corrected chi connectivity index (χ0v) is 13.4. The third kappa shape index (κ3) is 4.39. The van der Waals surface area contributed by atoms with E-state index in [2.05, 4.69) is 5.32 Å². The Hall–Kier alpha value is -3.22. The summed E-state index contributed by atoms with van der Waals surface area (Å²) < 4.78 is 15.5. The van der Waals surface area contributed by atoms with Crippen LogP contribution in [0.15, 0.2) is 42.5 Å². The van der Waals surface area contributed by atoms with Crippen molar-refractivity contribution in [2.75, 3.05) is 26.1 Å². The lowest BCUT2D eigenvalue weighted by atomic mass is 10.1. The van der Waals surface area contributed by atoms with Gasteiger partial charge in [-0.1, -0.05) is 6.07 Å². The zero-order valence-electron chi connectivity index (χ0n) is 13.4. The summed E-state index contributed by atoms with van der Waals surface area (Å²) in [4.78, 5) is 23.2. The molecule has 2 aromatic carbocycles. The third-order valence-corrected chi connectivity index (χ3v) is 3.13. The molecular weight excluding hydrogens is 312 g/mol. The van der Waals surface area contributed by atoms with Gasteiger partial charge in [-0.25, -0.2) is 0 Å². The lowest BCUT2D eigenvalue weighted by Crippen LogP contribution is -2.20. The molecular formula is C17H18N2O5. The fourth-order valence-corrected chi connectivity index (χ4v) is 2.00. The average molecular weight is 330 g/mol. The van der Waals surface area contributed by atoms with Crippen LogP contribution in [0.5, 0.6) is 17.2 Å². The van der Waals surface area contributed by atoms with Gasteiger partial charge in [-0.2, -0.15) is 0 Å². The number of ether oxygens (including phenoxy) is 3. The van der Waals surface area contributed by atoms with Crippen molar-refractivity contribution in [1.29, 1.82) is 0 Å². The maximum Gasteiger partial charge on any atom is 0.259 e. The molecule has 24 heavy (non-hydrogen) atoms. The van der Waals surface area contributed by atoms with E-state index in [0.29, 0.717) is 28.5 Å². The Balaban J connectivity index is 2.15. The van der Waals surface area contributed by atoms with E-state index in [9.17, 15) is 9.59 Å². The number of carbonyl (C=O) groups is 2. The predicted molar refractivity (Wildman–Crippen MR) is 88.6 cm³/mol. The van der Waals surface area contributed by atoms with Gasteiger partial charge in [0.1, 0.15) is 17.2 Å². The van der Waals surface area contributed by atoms with Crippen LogP contribution in [0.3, 0.4) is 0 Å². The number of amides is 2. The van der Waals surface area contributed by atoms with Crippen LogP contribution in [0.1, 0.15) is 10.4 Å². The van der Waals surface area contributed by atoms with E-state index in [-0.39, 0.29) is 12.5 Å². The lowest BCUT2D eigenvalue weighted by molar-refractivity contribution is -0.119. The van der Waals surface area contributed by atoms with Gasteiger partial charge in [-0.3, -0.25) is 9.59 Å². The zero-order chi connectivity index (χ0) is 17.5. The molecule has 0 fully saturated rings. The number of primary amides is 1. The molecule has 0 aliphatic heterocycles. The normalized spacial score (nSPS) is 9.92. The summed E-state index contributed by atoms with van der Waals surface area (Å²) in [5.74, 6) is 0.487. The van der Waals surface area contributed by atoms with E-state index in [1.807, 2.05) is 0 Å². The summed E-state index contributed by atoms with van der Waals surface area (Å²) in [7, 11) is 3.01. The Kier molecular flexibility index (Phi) is 5.62. The molecule has 0 saturated heterocycles. The molecule has 2 aromatic rings. The van der Waals surface area contributed by atoms with Crippen molar-refractivity contribution in [3.05, 3.63) is 48.0 Å². The first-order valence-electron chi connectivity index (χ1n) is 7.08. The van der Waals surface area contributed by atoms with Gasteiger partial charge >= 0.3 is 0 Å². The highest BCUT2D eigenvalue weighted by atomic mass is 16.5. The molecule has 0 saturated carbocycles. The Labute approximate surface area is 139 Å². The summed E-state index contributed by atoms with van der Waals surface area (Å²) in [6.45, 7) is -0.232. The fraction of sp³-hybridized carbons (Fsp3) is 0.176. The number of nitrogens with one attached hydrogen (secondary N) is 1. The van der Waals surface area contributed by atoms with E-state index in [1.165, 1.54) is 14.2 Å². The van der Waals surface area contributed by atoms with E-state index in [0.717, 1.165) is 0 Å². The molecule has 2 amide bonds. The molecule has 3 N–H and O–H groups in total. The molecule has 0 atom stereocenters. The number of anilines is 1. The molecule has 0 aliphatic rings. The molecule has 0 bridgehead atoms. The SMILES string of the molecule is COc1ccc(C(=O)Nc2cccc(OCC(N)=O)c2)c(OC)c1. The summed E-state index contributed by atoms with van der Waals surface area (Å²) in [6.07, 6.45) is 0. The van der Waals surface area contributed by atoms with Gasteiger partial charge in [0.05, 0.1) is 19.8 Å². The largest absolute Gasteiger partial charge is 0.497 e. The predicted octanol–water partition coefficient (Wildman–Crippen LogP) is 1.82. The molecule has 0 heterocycles. The van der Waals surface area contributed by atoms with Crippen LogP contribution < -0.4 is 25.3 Å². The number of hydrogen-bond acceptors (Lipinski definition) is 5. The maximum atomic E-state index is 12.4. The number of benzene rings is 2. The molecule has 0 aliphatic carbocycles. The summed E-state index contributed by atoms with van der Waals surface area (Å²) >= 11 is 0. The van der Waals surface area contributed by atoms with Crippen molar-refractivity contribution in [3.63, 3.8) is 0 Å². The first kappa shape index (κ1) is 17.1. The van der Waals surface area contributed by atoms with Crippen LogP contribution in [-0.4, -0.2) is 32.6 Å². The number of rotatable bonds is 7. The van der Waals surface area contributed by atoms with Gasteiger partial charge in [0, 0.05) is 17.8 Å². The van der Waals surface area contributed by atoms with Crippen LogP contribution in [0, 0.1) is 0 Å². The van der Waals surface area contributed by atoms with Crippen molar-refractivity contribution >= 4 is 17.5 Å². The molecule has 0 aromatic heterocycles. The maximum absolute atomic E-state index is 12.4. The monoisotopic (exact) mass is 330 g/mol. The minimum atomic E-state index is -0.576. The van der Waals surface area contributed by atoms with Gasteiger partial charge in [0.25, 0.3) is 11.8 Å². The quantitative estimate of drug-likeness (QED) is 0.806. The molecule has 7 heteroatoms. The number of hydrogen-bond donors (Lipinski definition) is 2. The first-order valence-corrected chi connectivity index (χ1v) is 7.08. The third-order valence-electron chi connectivity index (χ3n) is 3.13. The van der Waals surface area contributed by atoms with Crippen LogP contribution in [0.2, 0.25) is 0 Å². The van der Waals surface area contributed by atoms with Gasteiger partial charge in [-0.15, -0.1) is 0 Å². The second kappa shape index (κ2) is 7.87. The molecule has 0 radical (unpaired) electrons. The van der Waals surface area contributed by atoms with Crippen LogP contribution in [-0.2, 0) is 4.79 Å².